The van der Waals surface area contributed by atoms with Gasteiger partial charge in [-0.3, -0.25) is 9.59 Å². The number of ketones is 2. The van der Waals surface area contributed by atoms with E-state index < -0.39 is 23.4 Å². The van der Waals surface area contributed by atoms with Crippen LogP contribution in [0.15, 0.2) is 126 Å². The van der Waals surface area contributed by atoms with Crippen LogP contribution in [0.3, 0.4) is 0 Å². The maximum Gasteiger partial charge on any atom is 0.169 e. The molecule has 0 radical (unpaired) electrons. The summed E-state index contributed by atoms with van der Waals surface area (Å²) in [5.74, 6) is -2.29. The minimum absolute atomic E-state index is 0.00775. The highest BCUT2D eigenvalue weighted by Crippen LogP contribution is 2.59. The van der Waals surface area contributed by atoms with E-state index in [0.717, 1.165) is 9.75 Å². The second-order valence-corrected chi connectivity index (χ2v) is 12.1. The van der Waals surface area contributed by atoms with Crippen LogP contribution in [-0.2, 0) is 5.60 Å². The molecule has 0 bridgehead atoms. The zero-order chi connectivity index (χ0) is 26.8. The first-order chi connectivity index (χ1) is 19.1. The number of hydrogen-bond donors (Lipinski definition) is 1. The highest BCUT2D eigenvalue weighted by Gasteiger charge is 2.59. The Bertz CT molecular complexity index is 1530. The fraction of sp³-hybridized carbons (Fsp3) is 0.176. The zero-order valence-electron chi connectivity index (χ0n) is 21.2. The van der Waals surface area contributed by atoms with Crippen molar-refractivity contribution < 1.29 is 14.7 Å². The largest absolute Gasteiger partial charge is 0.384 e. The molecule has 2 heterocycles. The van der Waals surface area contributed by atoms with Gasteiger partial charge in [-0.2, -0.15) is 0 Å². The topological polar surface area (TPSA) is 54.4 Å². The molecule has 0 saturated heterocycles. The second kappa shape index (κ2) is 10.9. The van der Waals surface area contributed by atoms with Crippen molar-refractivity contribution in [2.45, 2.75) is 23.9 Å². The maximum absolute atomic E-state index is 14.5. The summed E-state index contributed by atoms with van der Waals surface area (Å²) >= 11 is 3.15. The van der Waals surface area contributed by atoms with Gasteiger partial charge in [0, 0.05) is 38.6 Å². The summed E-state index contributed by atoms with van der Waals surface area (Å²) in [6, 6.07) is 36.1. The molecular formula is C34H28O3S2. The number of rotatable bonds is 7. The van der Waals surface area contributed by atoms with E-state index in [9.17, 15) is 14.7 Å². The van der Waals surface area contributed by atoms with Crippen molar-refractivity contribution in [2.75, 3.05) is 0 Å². The number of aliphatic hydroxyl groups is 1. The van der Waals surface area contributed by atoms with Crippen molar-refractivity contribution in [3.05, 3.63) is 152 Å². The van der Waals surface area contributed by atoms with Gasteiger partial charge in [0.05, 0.1) is 5.92 Å². The standard InChI is InChI=1S/C34H28O3S2/c35-32(23-12-4-1-5-13-23)29-26(27-18-10-20-38-27)22-34(37,25-16-8-3-9-17-25)31(30(29)28-19-11-21-39-28)33(36)24-14-6-2-7-15-24/h1-21,26,29-31,37H,22H2/t26-,29-,30+,31+,34-/m1/s1. The van der Waals surface area contributed by atoms with Crippen LogP contribution in [0.2, 0.25) is 0 Å². The lowest BCUT2D eigenvalue weighted by Gasteiger charge is -2.50. The van der Waals surface area contributed by atoms with Gasteiger partial charge in [0.25, 0.3) is 0 Å². The van der Waals surface area contributed by atoms with Crippen molar-refractivity contribution in [2.24, 2.45) is 11.8 Å². The molecule has 5 aromatic rings. The van der Waals surface area contributed by atoms with Gasteiger partial charge in [-0.05, 0) is 34.9 Å². The molecule has 194 valence electrons. The van der Waals surface area contributed by atoms with Crippen molar-refractivity contribution in [1.82, 2.24) is 0 Å². The molecule has 0 unspecified atom stereocenters. The molecule has 3 nitrogen and oxygen atoms in total. The molecule has 5 atom stereocenters. The van der Waals surface area contributed by atoms with Gasteiger partial charge in [0.2, 0.25) is 0 Å². The Balaban J connectivity index is 1.62. The Morgan fingerprint density at radius 3 is 1.69 bits per heavy atom. The lowest BCUT2D eigenvalue weighted by atomic mass is 9.54. The van der Waals surface area contributed by atoms with E-state index in [-0.39, 0.29) is 23.9 Å². The monoisotopic (exact) mass is 548 g/mol. The van der Waals surface area contributed by atoms with E-state index in [2.05, 4.69) is 6.07 Å². The van der Waals surface area contributed by atoms with Crippen LogP contribution in [0.4, 0.5) is 0 Å². The van der Waals surface area contributed by atoms with E-state index in [4.69, 9.17) is 0 Å². The van der Waals surface area contributed by atoms with Crippen molar-refractivity contribution in [3.63, 3.8) is 0 Å². The first kappa shape index (κ1) is 25.6. The zero-order valence-corrected chi connectivity index (χ0v) is 22.9. The minimum Gasteiger partial charge on any atom is -0.384 e. The summed E-state index contributed by atoms with van der Waals surface area (Å²) in [6.07, 6.45) is 0.270. The van der Waals surface area contributed by atoms with Crippen LogP contribution < -0.4 is 0 Å². The molecule has 5 heteroatoms. The van der Waals surface area contributed by atoms with E-state index in [1.807, 2.05) is 108 Å². The van der Waals surface area contributed by atoms with Crippen LogP contribution in [0.1, 0.15) is 54.3 Å². The third-order valence-electron chi connectivity index (χ3n) is 7.98. The normalized spacial score (nSPS) is 24.7. The Hall–Kier alpha value is -3.64. The summed E-state index contributed by atoms with van der Waals surface area (Å²) < 4.78 is 0. The van der Waals surface area contributed by atoms with Gasteiger partial charge in [-0.25, -0.2) is 0 Å². The van der Waals surface area contributed by atoms with Crippen molar-refractivity contribution in [3.8, 4) is 0 Å². The van der Waals surface area contributed by atoms with Crippen LogP contribution in [0.5, 0.6) is 0 Å². The second-order valence-electron chi connectivity index (χ2n) is 10.1. The molecule has 1 saturated carbocycles. The Morgan fingerprint density at radius 2 is 1.15 bits per heavy atom. The SMILES string of the molecule is O=C(c1ccccc1)[C@H]1[C@H](c2cccs2)[C@@H](C(=O)c2ccccc2)[C@](O)(c2ccccc2)C[C@@H]1c1cccs1. The summed E-state index contributed by atoms with van der Waals surface area (Å²) in [6.45, 7) is 0. The third-order valence-corrected chi connectivity index (χ3v) is 9.96. The molecule has 1 fully saturated rings. The first-order valence-electron chi connectivity index (χ1n) is 13.1. The fourth-order valence-corrected chi connectivity index (χ4v) is 8.06. The first-order valence-corrected chi connectivity index (χ1v) is 14.9. The fourth-order valence-electron chi connectivity index (χ4n) is 6.27. The maximum atomic E-state index is 14.5. The number of hydrogen-bond acceptors (Lipinski definition) is 5. The molecule has 0 aliphatic heterocycles. The summed E-state index contributed by atoms with van der Waals surface area (Å²) in [5, 5.41) is 16.8. The van der Waals surface area contributed by atoms with Crippen LogP contribution in [0.25, 0.3) is 0 Å². The molecular weight excluding hydrogens is 521 g/mol. The molecule has 1 aliphatic carbocycles. The van der Waals surface area contributed by atoms with Crippen LogP contribution in [0, 0.1) is 11.8 Å². The Labute approximate surface area is 236 Å². The minimum atomic E-state index is -1.48. The van der Waals surface area contributed by atoms with E-state index in [1.54, 1.807) is 34.8 Å². The lowest BCUT2D eigenvalue weighted by molar-refractivity contribution is -0.0681. The number of Topliss-reactive ketones (excluding diaryl/α,β-unsaturated/α-hetero) is 2. The highest BCUT2D eigenvalue weighted by atomic mass is 32.1. The predicted molar refractivity (Wildman–Crippen MR) is 158 cm³/mol. The van der Waals surface area contributed by atoms with Crippen molar-refractivity contribution in [1.29, 1.82) is 0 Å². The third kappa shape index (κ3) is 4.71. The number of carbonyl (C=O) groups is 2. The Morgan fingerprint density at radius 1 is 0.641 bits per heavy atom. The summed E-state index contributed by atoms with van der Waals surface area (Å²) in [5.41, 5.74) is 0.388. The van der Waals surface area contributed by atoms with E-state index in [1.165, 1.54) is 0 Å². The summed E-state index contributed by atoms with van der Waals surface area (Å²) in [7, 11) is 0. The number of thiophene rings is 2. The van der Waals surface area contributed by atoms with Gasteiger partial charge in [0.15, 0.2) is 11.6 Å². The van der Waals surface area contributed by atoms with Gasteiger partial charge < -0.3 is 5.11 Å². The van der Waals surface area contributed by atoms with E-state index >= 15 is 0 Å². The molecule has 6 rings (SSSR count). The van der Waals surface area contributed by atoms with Gasteiger partial charge >= 0.3 is 0 Å². The molecule has 1 N–H and O–H groups in total. The average molecular weight is 549 g/mol. The molecule has 1 aliphatic rings. The van der Waals surface area contributed by atoms with Gasteiger partial charge in [-0.15, -0.1) is 22.7 Å². The quantitative estimate of drug-likeness (QED) is 0.210. The molecule has 3 aromatic carbocycles. The molecule has 0 spiro atoms. The molecule has 2 aromatic heterocycles. The smallest absolute Gasteiger partial charge is 0.169 e. The molecule has 0 amide bonds. The Kier molecular flexibility index (Phi) is 7.13. The van der Waals surface area contributed by atoms with Gasteiger partial charge in [-0.1, -0.05) is 103 Å². The van der Waals surface area contributed by atoms with Crippen LogP contribution in [-0.4, -0.2) is 16.7 Å². The van der Waals surface area contributed by atoms with Gasteiger partial charge in [0.1, 0.15) is 5.60 Å². The van der Waals surface area contributed by atoms with Crippen LogP contribution >= 0.6 is 22.7 Å². The van der Waals surface area contributed by atoms with Crippen molar-refractivity contribution >= 4 is 34.2 Å². The number of carbonyl (C=O) groups excluding carboxylic acids is 2. The molecule has 39 heavy (non-hydrogen) atoms. The van der Waals surface area contributed by atoms with E-state index in [0.29, 0.717) is 16.7 Å². The highest BCUT2D eigenvalue weighted by molar-refractivity contribution is 7.10. The average Bonchev–Trinajstić information content (AvgIpc) is 3.73. The number of benzene rings is 3. The summed E-state index contributed by atoms with van der Waals surface area (Å²) in [4.78, 5) is 31.0. The lowest BCUT2D eigenvalue weighted by Crippen LogP contribution is -2.53. The predicted octanol–water partition coefficient (Wildman–Crippen LogP) is 7.97.